The van der Waals surface area contributed by atoms with Gasteiger partial charge in [-0.15, -0.1) is 0 Å². The molecule has 0 aromatic heterocycles. The van der Waals surface area contributed by atoms with Crippen molar-refractivity contribution in [2.75, 3.05) is 39.5 Å². The number of amides is 1. The van der Waals surface area contributed by atoms with Crippen molar-refractivity contribution >= 4 is 5.91 Å². The molecule has 2 aromatic carbocycles. The number of nitrogens with one attached hydrogen (secondary N) is 1. The molecule has 1 atom stereocenters. The van der Waals surface area contributed by atoms with E-state index in [1.165, 1.54) is 5.56 Å². The summed E-state index contributed by atoms with van der Waals surface area (Å²) >= 11 is 0. The average Bonchev–Trinajstić information content (AvgIpc) is 2.73. The van der Waals surface area contributed by atoms with Gasteiger partial charge < -0.3 is 14.8 Å². The molecule has 2 aromatic rings. The van der Waals surface area contributed by atoms with Crippen LogP contribution in [0.2, 0.25) is 0 Å². The topological polar surface area (TPSA) is 50.8 Å². The summed E-state index contributed by atoms with van der Waals surface area (Å²) < 4.78 is 11.2. The first kappa shape index (κ1) is 21.3. The minimum atomic E-state index is -0.119. The summed E-state index contributed by atoms with van der Waals surface area (Å²) in [4.78, 5) is 14.9. The van der Waals surface area contributed by atoms with E-state index in [-0.39, 0.29) is 24.0 Å². The second-order valence-corrected chi connectivity index (χ2v) is 8.51. The fraction of sp³-hybridized carbons (Fsp3) is 0.458. The number of hydrogen-bond donors (Lipinski definition) is 1. The molecule has 1 fully saturated rings. The smallest absolute Gasteiger partial charge is 0.258 e. The molecule has 1 heterocycles. The molecule has 1 aliphatic rings. The zero-order valence-electron chi connectivity index (χ0n) is 17.7. The Hall–Kier alpha value is -2.37. The molecule has 0 radical (unpaired) electrons. The Morgan fingerprint density at radius 1 is 1.07 bits per heavy atom. The Bertz CT molecular complexity index is 763. The van der Waals surface area contributed by atoms with E-state index in [1.54, 1.807) is 0 Å². The van der Waals surface area contributed by atoms with Crippen LogP contribution in [-0.2, 0) is 14.9 Å². The van der Waals surface area contributed by atoms with E-state index >= 15 is 0 Å². The van der Waals surface area contributed by atoms with Crippen molar-refractivity contribution in [1.82, 2.24) is 10.2 Å². The molecule has 1 saturated heterocycles. The van der Waals surface area contributed by atoms with Crippen molar-refractivity contribution < 1.29 is 14.3 Å². The van der Waals surface area contributed by atoms with Gasteiger partial charge in [0.15, 0.2) is 6.61 Å². The van der Waals surface area contributed by atoms with Crippen LogP contribution in [0, 0.1) is 0 Å². The van der Waals surface area contributed by atoms with E-state index < -0.39 is 0 Å². The molecule has 5 heteroatoms. The standard InChI is InChI=1S/C24H32N2O3/c1-24(2,3)20-9-11-21(12-10-20)29-18-23(27)25-22(19-7-5-4-6-8-19)17-26-13-15-28-16-14-26/h4-12,22H,13-18H2,1-3H3,(H,25,27). The van der Waals surface area contributed by atoms with Gasteiger partial charge in [-0.05, 0) is 28.7 Å². The second kappa shape index (κ2) is 9.90. The van der Waals surface area contributed by atoms with Crippen molar-refractivity contribution in [3.8, 4) is 5.75 Å². The molecular weight excluding hydrogens is 364 g/mol. The van der Waals surface area contributed by atoms with Crippen molar-refractivity contribution in [3.63, 3.8) is 0 Å². The number of nitrogens with zero attached hydrogens (tertiary/aromatic N) is 1. The number of hydrogen-bond acceptors (Lipinski definition) is 4. The van der Waals surface area contributed by atoms with E-state index in [0.717, 1.165) is 38.4 Å². The zero-order chi connectivity index (χ0) is 20.7. The summed E-state index contributed by atoms with van der Waals surface area (Å²) in [6.07, 6.45) is 0. The van der Waals surface area contributed by atoms with Crippen LogP contribution in [0.1, 0.15) is 37.9 Å². The van der Waals surface area contributed by atoms with Gasteiger partial charge in [0, 0.05) is 19.6 Å². The molecule has 1 amide bonds. The van der Waals surface area contributed by atoms with E-state index in [2.05, 4.69) is 55.3 Å². The first-order valence-corrected chi connectivity index (χ1v) is 10.3. The Morgan fingerprint density at radius 3 is 2.34 bits per heavy atom. The van der Waals surface area contributed by atoms with Gasteiger partial charge in [-0.1, -0.05) is 63.2 Å². The molecule has 0 bridgehead atoms. The van der Waals surface area contributed by atoms with Crippen LogP contribution < -0.4 is 10.1 Å². The van der Waals surface area contributed by atoms with E-state index in [1.807, 2.05) is 30.3 Å². The van der Waals surface area contributed by atoms with Crippen LogP contribution >= 0.6 is 0 Å². The predicted octanol–water partition coefficient (Wildman–Crippen LogP) is 3.55. The normalized spacial score (nSPS) is 16.2. The fourth-order valence-electron chi connectivity index (χ4n) is 3.40. The summed E-state index contributed by atoms with van der Waals surface area (Å²) in [7, 11) is 0. The summed E-state index contributed by atoms with van der Waals surface area (Å²) in [5.74, 6) is 0.588. The van der Waals surface area contributed by atoms with Gasteiger partial charge in [-0.25, -0.2) is 0 Å². The molecule has 0 aliphatic carbocycles. The maximum atomic E-state index is 12.6. The van der Waals surface area contributed by atoms with Gasteiger partial charge in [-0.2, -0.15) is 0 Å². The first-order valence-electron chi connectivity index (χ1n) is 10.3. The number of benzene rings is 2. The van der Waals surface area contributed by atoms with E-state index in [9.17, 15) is 4.79 Å². The van der Waals surface area contributed by atoms with E-state index in [0.29, 0.717) is 5.75 Å². The average molecular weight is 397 g/mol. The van der Waals surface area contributed by atoms with E-state index in [4.69, 9.17) is 9.47 Å². The zero-order valence-corrected chi connectivity index (χ0v) is 17.7. The van der Waals surface area contributed by atoms with Gasteiger partial charge in [0.2, 0.25) is 0 Å². The molecule has 1 aliphatic heterocycles. The van der Waals surface area contributed by atoms with Gasteiger partial charge in [0.05, 0.1) is 19.3 Å². The van der Waals surface area contributed by atoms with Crippen LogP contribution in [0.4, 0.5) is 0 Å². The maximum absolute atomic E-state index is 12.6. The maximum Gasteiger partial charge on any atom is 0.258 e. The molecule has 0 saturated carbocycles. The second-order valence-electron chi connectivity index (χ2n) is 8.51. The Balaban J connectivity index is 1.57. The third-order valence-corrected chi connectivity index (χ3v) is 5.17. The van der Waals surface area contributed by atoms with Crippen LogP contribution in [0.3, 0.4) is 0 Å². The van der Waals surface area contributed by atoms with Crippen LogP contribution in [0.5, 0.6) is 5.75 Å². The number of carbonyl (C=O) groups excluding carboxylic acids is 1. The Kier molecular flexibility index (Phi) is 7.29. The molecule has 0 spiro atoms. The number of ether oxygens (including phenoxy) is 2. The van der Waals surface area contributed by atoms with Crippen molar-refractivity contribution in [2.45, 2.75) is 32.2 Å². The van der Waals surface area contributed by atoms with Crippen molar-refractivity contribution in [2.24, 2.45) is 0 Å². The van der Waals surface area contributed by atoms with Gasteiger partial charge in [0.1, 0.15) is 5.75 Å². The molecule has 1 N–H and O–H groups in total. The minimum absolute atomic E-state index is 0.00130. The monoisotopic (exact) mass is 396 g/mol. The Labute approximate surface area is 174 Å². The highest BCUT2D eigenvalue weighted by Crippen LogP contribution is 2.24. The molecule has 1 unspecified atom stereocenters. The Morgan fingerprint density at radius 2 is 1.72 bits per heavy atom. The first-order chi connectivity index (χ1) is 13.9. The van der Waals surface area contributed by atoms with Crippen LogP contribution in [-0.4, -0.2) is 50.3 Å². The van der Waals surface area contributed by atoms with Crippen LogP contribution in [0.15, 0.2) is 54.6 Å². The van der Waals surface area contributed by atoms with Gasteiger partial charge >= 0.3 is 0 Å². The molecule has 156 valence electrons. The molecule has 3 rings (SSSR count). The van der Waals surface area contributed by atoms with Crippen molar-refractivity contribution in [1.29, 1.82) is 0 Å². The summed E-state index contributed by atoms with van der Waals surface area (Å²) in [5.41, 5.74) is 2.43. The lowest BCUT2D eigenvalue weighted by Crippen LogP contribution is -2.44. The highest BCUT2D eigenvalue weighted by molar-refractivity contribution is 5.78. The van der Waals surface area contributed by atoms with Gasteiger partial charge in [-0.3, -0.25) is 9.69 Å². The lowest BCUT2D eigenvalue weighted by atomic mass is 9.87. The van der Waals surface area contributed by atoms with Crippen molar-refractivity contribution in [3.05, 3.63) is 65.7 Å². The lowest BCUT2D eigenvalue weighted by Gasteiger charge is -2.31. The molecular formula is C24H32N2O3. The summed E-state index contributed by atoms with van der Waals surface area (Å²) in [6.45, 7) is 10.5. The molecule has 5 nitrogen and oxygen atoms in total. The third-order valence-electron chi connectivity index (χ3n) is 5.17. The van der Waals surface area contributed by atoms with Gasteiger partial charge in [0.25, 0.3) is 5.91 Å². The predicted molar refractivity (Wildman–Crippen MR) is 115 cm³/mol. The SMILES string of the molecule is CC(C)(C)c1ccc(OCC(=O)NC(CN2CCOCC2)c2ccccc2)cc1. The largest absolute Gasteiger partial charge is 0.484 e. The fourth-order valence-corrected chi connectivity index (χ4v) is 3.40. The third kappa shape index (κ3) is 6.58. The number of carbonyl (C=O) groups is 1. The highest BCUT2D eigenvalue weighted by atomic mass is 16.5. The summed E-state index contributed by atoms with van der Waals surface area (Å²) in [6, 6.07) is 18.0. The minimum Gasteiger partial charge on any atom is -0.484 e. The number of morpholine rings is 1. The van der Waals surface area contributed by atoms with Crippen LogP contribution in [0.25, 0.3) is 0 Å². The lowest BCUT2D eigenvalue weighted by molar-refractivity contribution is -0.124. The highest BCUT2D eigenvalue weighted by Gasteiger charge is 2.20. The quantitative estimate of drug-likeness (QED) is 0.778. The molecule has 29 heavy (non-hydrogen) atoms. The number of rotatable bonds is 7. The summed E-state index contributed by atoms with van der Waals surface area (Å²) in [5, 5.41) is 3.14.